The highest BCUT2D eigenvalue weighted by Crippen LogP contribution is 2.38. The number of benzene rings is 3. The lowest BCUT2D eigenvalue weighted by Gasteiger charge is -2.33. The van der Waals surface area contributed by atoms with E-state index in [2.05, 4.69) is 5.32 Å². The van der Waals surface area contributed by atoms with Crippen LogP contribution >= 0.6 is 34.8 Å². The van der Waals surface area contributed by atoms with Gasteiger partial charge < -0.3 is 10.2 Å². The van der Waals surface area contributed by atoms with Gasteiger partial charge in [0.15, 0.2) is 0 Å². The van der Waals surface area contributed by atoms with Crippen LogP contribution in [0.1, 0.15) is 24.5 Å². The maximum absolute atomic E-state index is 13.9. The summed E-state index contributed by atoms with van der Waals surface area (Å²) in [6, 6.07) is 13.0. The Morgan fingerprint density at radius 1 is 0.927 bits per heavy atom. The summed E-state index contributed by atoms with van der Waals surface area (Å²) in [5.74, 6) is -1.38. The predicted molar refractivity (Wildman–Crippen MR) is 153 cm³/mol. The molecule has 2 amide bonds. The zero-order chi connectivity index (χ0) is 30.5. The van der Waals surface area contributed by atoms with E-state index in [9.17, 15) is 31.2 Å². The maximum atomic E-state index is 13.9. The lowest BCUT2D eigenvalue weighted by Crippen LogP contribution is -2.51. The Labute approximate surface area is 250 Å². The standard InChI is InChI=1S/C27H25Cl3F3N3O4S/c1-3-24(26(38)34-2)35(15-17-9-11-22(29)23(30)13-17)25(37)16-36(41(39,40)19-7-5-4-6-8-19)18-10-12-21(28)20(14-18)27(31,32)33/h4-14,24H,3,15-16H2,1-2H3,(H,34,38)/t24-/m0/s1. The van der Waals surface area contributed by atoms with Crippen LogP contribution in [0.3, 0.4) is 0 Å². The summed E-state index contributed by atoms with van der Waals surface area (Å²) in [7, 11) is -3.18. The number of likely N-dealkylation sites (N-methyl/N-ethyl adjacent to an activating group) is 1. The SMILES string of the molecule is CC[C@@H](C(=O)NC)N(Cc1ccc(Cl)c(Cl)c1)C(=O)CN(c1ccc(Cl)c(C(F)(F)F)c1)S(=O)(=O)c1ccccc1. The Balaban J connectivity index is 2.14. The zero-order valence-corrected chi connectivity index (χ0v) is 24.8. The minimum atomic E-state index is -4.90. The first-order valence-electron chi connectivity index (χ1n) is 12.1. The van der Waals surface area contributed by atoms with Crippen LogP contribution < -0.4 is 9.62 Å². The monoisotopic (exact) mass is 649 g/mol. The molecule has 0 fully saturated rings. The first kappa shape index (κ1) is 32.5. The third-order valence-electron chi connectivity index (χ3n) is 6.12. The second kappa shape index (κ2) is 13.3. The number of nitrogens with one attached hydrogen (secondary N) is 1. The number of hydrogen-bond acceptors (Lipinski definition) is 4. The molecule has 0 aliphatic heterocycles. The zero-order valence-electron chi connectivity index (χ0n) is 21.8. The molecular formula is C27H25Cl3F3N3O4S. The molecule has 220 valence electrons. The van der Waals surface area contributed by atoms with Crippen LogP contribution in [0.4, 0.5) is 18.9 Å². The van der Waals surface area contributed by atoms with Gasteiger partial charge in [-0.2, -0.15) is 13.2 Å². The molecule has 0 unspecified atom stereocenters. The Bertz CT molecular complexity index is 1520. The Morgan fingerprint density at radius 2 is 1.56 bits per heavy atom. The van der Waals surface area contributed by atoms with Crippen molar-refractivity contribution < 1.29 is 31.2 Å². The van der Waals surface area contributed by atoms with Crippen molar-refractivity contribution in [1.82, 2.24) is 10.2 Å². The van der Waals surface area contributed by atoms with Crippen LogP contribution in [0.2, 0.25) is 15.1 Å². The third kappa shape index (κ3) is 7.65. The maximum Gasteiger partial charge on any atom is 0.417 e. The number of anilines is 1. The topological polar surface area (TPSA) is 86.8 Å². The number of carbonyl (C=O) groups excluding carboxylic acids is 2. The molecule has 41 heavy (non-hydrogen) atoms. The van der Waals surface area contributed by atoms with Gasteiger partial charge in [-0.15, -0.1) is 0 Å². The van der Waals surface area contributed by atoms with Gasteiger partial charge in [-0.25, -0.2) is 8.42 Å². The molecule has 0 aliphatic carbocycles. The normalized spacial score (nSPS) is 12.5. The van der Waals surface area contributed by atoms with Crippen molar-refractivity contribution in [3.05, 3.63) is 92.9 Å². The van der Waals surface area contributed by atoms with Crippen molar-refractivity contribution in [1.29, 1.82) is 0 Å². The van der Waals surface area contributed by atoms with Crippen LogP contribution in [0, 0.1) is 0 Å². The fourth-order valence-electron chi connectivity index (χ4n) is 4.05. The van der Waals surface area contributed by atoms with E-state index in [4.69, 9.17) is 34.8 Å². The molecule has 1 atom stereocenters. The van der Waals surface area contributed by atoms with Crippen LogP contribution in [0.15, 0.2) is 71.6 Å². The predicted octanol–water partition coefficient (Wildman–Crippen LogP) is 6.41. The first-order valence-corrected chi connectivity index (χ1v) is 14.7. The molecule has 3 aromatic rings. The van der Waals surface area contributed by atoms with Crippen LogP contribution in [-0.2, 0) is 32.3 Å². The number of nitrogens with zero attached hydrogens (tertiary/aromatic N) is 2. The van der Waals surface area contributed by atoms with Gasteiger partial charge in [0, 0.05) is 13.6 Å². The third-order valence-corrected chi connectivity index (χ3v) is 8.98. The molecule has 3 aromatic carbocycles. The summed E-state index contributed by atoms with van der Waals surface area (Å²) in [6.07, 6.45) is -4.75. The number of amides is 2. The fraction of sp³-hybridized carbons (Fsp3) is 0.259. The van der Waals surface area contributed by atoms with Gasteiger partial charge in [0.2, 0.25) is 11.8 Å². The smallest absolute Gasteiger partial charge is 0.357 e. The van der Waals surface area contributed by atoms with Gasteiger partial charge in [-0.3, -0.25) is 13.9 Å². The summed E-state index contributed by atoms with van der Waals surface area (Å²) in [6.45, 7) is 0.558. The second-order valence-electron chi connectivity index (χ2n) is 8.80. The molecule has 14 heteroatoms. The highest BCUT2D eigenvalue weighted by Gasteiger charge is 2.37. The van der Waals surface area contributed by atoms with Crippen molar-refractivity contribution >= 4 is 62.3 Å². The molecule has 0 heterocycles. The average Bonchev–Trinajstić information content (AvgIpc) is 2.93. The van der Waals surface area contributed by atoms with E-state index >= 15 is 0 Å². The van der Waals surface area contributed by atoms with Crippen molar-refractivity contribution in [2.24, 2.45) is 0 Å². The van der Waals surface area contributed by atoms with E-state index in [-0.39, 0.29) is 27.9 Å². The molecule has 0 saturated heterocycles. The van der Waals surface area contributed by atoms with E-state index < -0.39 is 56.9 Å². The van der Waals surface area contributed by atoms with Gasteiger partial charge in [0.05, 0.1) is 31.2 Å². The van der Waals surface area contributed by atoms with Crippen LogP contribution in [0.5, 0.6) is 0 Å². The Hall–Kier alpha value is -2.99. The van der Waals surface area contributed by atoms with Crippen molar-refractivity contribution in [3.8, 4) is 0 Å². The Kier molecular flexibility index (Phi) is 10.6. The van der Waals surface area contributed by atoms with E-state index in [1.165, 1.54) is 43.4 Å². The molecule has 7 nitrogen and oxygen atoms in total. The lowest BCUT2D eigenvalue weighted by atomic mass is 10.1. The molecular weight excluding hydrogens is 626 g/mol. The van der Waals surface area contributed by atoms with Gasteiger partial charge in [-0.1, -0.05) is 66.0 Å². The molecule has 0 spiro atoms. The molecule has 0 saturated carbocycles. The first-order chi connectivity index (χ1) is 19.2. The molecule has 3 rings (SSSR count). The summed E-state index contributed by atoms with van der Waals surface area (Å²) >= 11 is 17.9. The van der Waals surface area contributed by atoms with Gasteiger partial charge in [-0.05, 0) is 54.4 Å². The largest absolute Gasteiger partial charge is 0.417 e. The Morgan fingerprint density at radius 3 is 2.12 bits per heavy atom. The average molecular weight is 651 g/mol. The molecule has 0 aromatic heterocycles. The van der Waals surface area contributed by atoms with E-state index in [1.807, 2.05) is 0 Å². The summed E-state index contributed by atoms with van der Waals surface area (Å²) in [4.78, 5) is 27.5. The van der Waals surface area contributed by atoms with Crippen molar-refractivity contribution in [2.75, 3.05) is 17.9 Å². The number of hydrogen-bond donors (Lipinski definition) is 1. The van der Waals surface area contributed by atoms with Gasteiger partial charge >= 0.3 is 6.18 Å². The van der Waals surface area contributed by atoms with Crippen molar-refractivity contribution in [3.63, 3.8) is 0 Å². The highest BCUT2D eigenvalue weighted by molar-refractivity contribution is 7.92. The van der Waals surface area contributed by atoms with E-state index in [0.717, 1.165) is 17.0 Å². The van der Waals surface area contributed by atoms with Crippen LogP contribution in [0.25, 0.3) is 0 Å². The van der Waals surface area contributed by atoms with Gasteiger partial charge in [0.25, 0.3) is 10.0 Å². The number of alkyl halides is 3. The lowest BCUT2D eigenvalue weighted by molar-refractivity contribution is -0.140. The highest BCUT2D eigenvalue weighted by atomic mass is 35.5. The molecule has 1 N–H and O–H groups in total. The minimum absolute atomic E-state index is 0.150. The molecule has 0 bridgehead atoms. The van der Waals surface area contributed by atoms with E-state index in [0.29, 0.717) is 15.9 Å². The number of sulfonamides is 1. The summed E-state index contributed by atoms with van der Waals surface area (Å²) < 4.78 is 69.1. The van der Waals surface area contributed by atoms with Gasteiger partial charge in [0.1, 0.15) is 12.6 Å². The minimum Gasteiger partial charge on any atom is -0.357 e. The molecule has 0 aliphatic rings. The quantitative estimate of drug-likeness (QED) is 0.275. The summed E-state index contributed by atoms with van der Waals surface area (Å²) in [5.41, 5.74) is -1.23. The van der Waals surface area contributed by atoms with E-state index in [1.54, 1.807) is 19.1 Å². The van der Waals surface area contributed by atoms with Crippen molar-refractivity contribution in [2.45, 2.75) is 37.0 Å². The fourth-order valence-corrected chi connectivity index (χ4v) is 6.03. The number of carbonyl (C=O) groups is 2. The number of halogens is 6. The molecule has 0 radical (unpaired) electrons. The summed E-state index contributed by atoms with van der Waals surface area (Å²) in [5, 5.41) is 2.29. The van der Waals surface area contributed by atoms with Crippen LogP contribution in [-0.4, -0.2) is 44.8 Å². The second-order valence-corrected chi connectivity index (χ2v) is 11.9. The number of rotatable bonds is 10.